The van der Waals surface area contributed by atoms with Crippen molar-refractivity contribution < 1.29 is 9.50 Å². The molecule has 0 amide bonds. The smallest absolute Gasteiger partial charge is 0.142 e. The molecule has 1 aromatic heterocycles. The van der Waals surface area contributed by atoms with Crippen LogP contribution < -0.4 is 0 Å². The average molecular weight is 255 g/mol. The summed E-state index contributed by atoms with van der Waals surface area (Å²) in [5.74, 6) is -0.536. The van der Waals surface area contributed by atoms with Gasteiger partial charge < -0.3 is 5.11 Å². The Morgan fingerprint density at radius 1 is 1.53 bits per heavy atom. The summed E-state index contributed by atoms with van der Waals surface area (Å²) in [4.78, 5) is 0. The monoisotopic (exact) mass is 254 g/mol. The first kappa shape index (κ1) is 12.1. The Hall–Kier alpha value is -1.39. The van der Waals surface area contributed by atoms with Gasteiger partial charge in [0, 0.05) is 23.9 Å². The van der Waals surface area contributed by atoms with Crippen LogP contribution in [-0.2, 0) is 6.54 Å². The minimum atomic E-state index is -0.960. The summed E-state index contributed by atoms with van der Waals surface area (Å²) in [6.45, 7) is 2.65. The molecule has 0 aliphatic carbocycles. The van der Waals surface area contributed by atoms with Crippen LogP contribution in [-0.4, -0.2) is 14.9 Å². The second kappa shape index (κ2) is 4.85. The summed E-state index contributed by atoms with van der Waals surface area (Å²) in [7, 11) is 0. The van der Waals surface area contributed by atoms with Crippen molar-refractivity contribution in [3.8, 4) is 0 Å². The third-order valence-corrected chi connectivity index (χ3v) is 2.97. The summed E-state index contributed by atoms with van der Waals surface area (Å²) in [6.07, 6.45) is 2.31. The maximum Gasteiger partial charge on any atom is 0.142 e. The van der Waals surface area contributed by atoms with E-state index < -0.39 is 11.9 Å². The van der Waals surface area contributed by atoms with Gasteiger partial charge in [0.2, 0.25) is 0 Å². The van der Waals surface area contributed by atoms with Gasteiger partial charge in [0.05, 0.1) is 11.2 Å². The van der Waals surface area contributed by atoms with E-state index in [0.29, 0.717) is 17.7 Å². The molecule has 1 aromatic carbocycles. The van der Waals surface area contributed by atoms with E-state index in [1.807, 2.05) is 6.92 Å². The number of aromatic nitrogens is 2. The Balaban J connectivity index is 2.36. The number of halogens is 2. The Morgan fingerprint density at radius 2 is 2.29 bits per heavy atom. The number of nitrogens with zero attached hydrogens (tertiary/aromatic N) is 2. The number of aliphatic hydroxyl groups excluding tert-OH is 1. The van der Waals surface area contributed by atoms with Crippen LogP contribution in [0, 0.1) is 5.82 Å². The summed E-state index contributed by atoms with van der Waals surface area (Å²) >= 11 is 5.82. The minimum Gasteiger partial charge on any atom is -0.383 e. The van der Waals surface area contributed by atoms with Crippen molar-refractivity contribution in [3.05, 3.63) is 52.6 Å². The van der Waals surface area contributed by atoms with Gasteiger partial charge in [0.1, 0.15) is 11.9 Å². The van der Waals surface area contributed by atoms with Crippen molar-refractivity contribution >= 4 is 11.6 Å². The second-order valence-corrected chi connectivity index (χ2v) is 4.05. The van der Waals surface area contributed by atoms with Crippen LogP contribution >= 0.6 is 11.6 Å². The van der Waals surface area contributed by atoms with Crippen LogP contribution in [0.5, 0.6) is 0 Å². The predicted octanol–water partition coefficient (Wildman–Crippen LogP) is 2.78. The molecule has 2 rings (SSSR count). The quantitative estimate of drug-likeness (QED) is 0.915. The molecule has 2 aromatic rings. The van der Waals surface area contributed by atoms with E-state index in [1.54, 1.807) is 23.1 Å². The number of hydrogen-bond donors (Lipinski definition) is 1. The van der Waals surface area contributed by atoms with Crippen LogP contribution in [0.25, 0.3) is 0 Å². The third-order valence-electron chi connectivity index (χ3n) is 2.57. The Morgan fingerprint density at radius 3 is 2.94 bits per heavy atom. The highest BCUT2D eigenvalue weighted by molar-refractivity contribution is 6.31. The molecule has 1 unspecified atom stereocenters. The van der Waals surface area contributed by atoms with Crippen molar-refractivity contribution in [3.63, 3.8) is 0 Å². The zero-order valence-corrected chi connectivity index (χ0v) is 10.0. The maximum atomic E-state index is 13.3. The van der Waals surface area contributed by atoms with E-state index in [2.05, 4.69) is 5.10 Å². The SMILES string of the molecule is CCn1cc(C(O)c2cccc(F)c2Cl)cn1. The van der Waals surface area contributed by atoms with E-state index >= 15 is 0 Å². The fourth-order valence-corrected chi connectivity index (χ4v) is 1.83. The van der Waals surface area contributed by atoms with Gasteiger partial charge in [0.25, 0.3) is 0 Å². The topological polar surface area (TPSA) is 38.0 Å². The highest BCUT2D eigenvalue weighted by Crippen LogP contribution is 2.29. The molecule has 1 atom stereocenters. The van der Waals surface area contributed by atoms with Crippen molar-refractivity contribution in [2.24, 2.45) is 0 Å². The van der Waals surface area contributed by atoms with Gasteiger partial charge in [-0.15, -0.1) is 0 Å². The summed E-state index contributed by atoms with van der Waals surface area (Å²) in [5, 5.41) is 14.1. The molecule has 3 nitrogen and oxygen atoms in total. The average Bonchev–Trinajstić information content (AvgIpc) is 2.80. The molecular formula is C12H12ClFN2O. The fourth-order valence-electron chi connectivity index (χ4n) is 1.60. The zero-order chi connectivity index (χ0) is 12.4. The van der Waals surface area contributed by atoms with Gasteiger partial charge >= 0.3 is 0 Å². The highest BCUT2D eigenvalue weighted by atomic mass is 35.5. The summed E-state index contributed by atoms with van der Waals surface area (Å²) in [5.41, 5.74) is 0.946. The molecule has 17 heavy (non-hydrogen) atoms. The largest absolute Gasteiger partial charge is 0.383 e. The van der Waals surface area contributed by atoms with E-state index in [-0.39, 0.29) is 5.02 Å². The van der Waals surface area contributed by atoms with Gasteiger partial charge in [-0.05, 0) is 13.0 Å². The van der Waals surface area contributed by atoms with Gasteiger partial charge in [-0.2, -0.15) is 5.10 Å². The number of benzene rings is 1. The lowest BCUT2D eigenvalue weighted by Gasteiger charge is -2.10. The Bertz CT molecular complexity index is 527. The number of aliphatic hydroxyl groups is 1. The van der Waals surface area contributed by atoms with Crippen LogP contribution in [0.2, 0.25) is 5.02 Å². The molecular weight excluding hydrogens is 243 g/mol. The molecule has 0 aliphatic rings. The molecule has 1 heterocycles. The molecule has 0 saturated carbocycles. The van der Waals surface area contributed by atoms with Crippen LogP contribution in [0.15, 0.2) is 30.6 Å². The van der Waals surface area contributed by atoms with Crippen LogP contribution in [0.1, 0.15) is 24.2 Å². The second-order valence-electron chi connectivity index (χ2n) is 3.67. The molecule has 0 saturated heterocycles. The van der Waals surface area contributed by atoms with E-state index in [1.165, 1.54) is 12.1 Å². The maximum absolute atomic E-state index is 13.3. The number of hydrogen-bond acceptors (Lipinski definition) is 2. The van der Waals surface area contributed by atoms with Crippen molar-refractivity contribution in [2.45, 2.75) is 19.6 Å². The van der Waals surface area contributed by atoms with Crippen molar-refractivity contribution in [1.82, 2.24) is 9.78 Å². The van der Waals surface area contributed by atoms with E-state index in [0.717, 1.165) is 0 Å². The first-order valence-corrected chi connectivity index (χ1v) is 5.65. The van der Waals surface area contributed by atoms with Crippen molar-refractivity contribution in [2.75, 3.05) is 0 Å². The molecule has 0 spiro atoms. The summed E-state index contributed by atoms with van der Waals surface area (Å²) in [6, 6.07) is 4.37. The standard InChI is InChI=1S/C12H12ClFN2O/c1-2-16-7-8(6-15-16)12(17)9-4-3-5-10(14)11(9)13/h3-7,12,17H,2H2,1H3. The first-order valence-electron chi connectivity index (χ1n) is 5.27. The molecule has 0 fully saturated rings. The first-order chi connectivity index (χ1) is 8.13. The normalized spacial score (nSPS) is 12.7. The lowest BCUT2D eigenvalue weighted by Crippen LogP contribution is -2.00. The number of rotatable bonds is 3. The molecule has 1 N–H and O–H groups in total. The van der Waals surface area contributed by atoms with Gasteiger partial charge in [-0.1, -0.05) is 23.7 Å². The van der Waals surface area contributed by atoms with E-state index in [4.69, 9.17) is 11.6 Å². The van der Waals surface area contributed by atoms with Gasteiger partial charge in [-0.3, -0.25) is 4.68 Å². The molecule has 0 aliphatic heterocycles. The Labute approximate surface area is 103 Å². The predicted molar refractivity (Wildman–Crippen MR) is 63.4 cm³/mol. The minimum absolute atomic E-state index is 0.0516. The van der Waals surface area contributed by atoms with Gasteiger partial charge in [-0.25, -0.2) is 4.39 Å². The zero-order valence-electron chi connectivity index (χ0n) is 9.27. The number of aryl methyl sites for hydroxylation is 1. The molecule has 5 heteroatoms. The Kier molecular flexibility index (Phi) is 3.45. The highest BCUT2D eigenvalue weighted by Gasteiger charge is 2.17. The van der Waals surface area contributed by atoms with Crippen LogP contribution in [0.4, 0.5) is 4.39 Å². The molecule has 0 bridgehead atoms. The fraction of sp³-hybridized carbons (Fsp3) is 0.250. The van der Waals surface area contributed by atoms with E-state index in [9.17, 15) is 9.50 Å². The third kappa shape index (κ3) is 2.33. The molecule has 0 radical (unpaired) electrons. The summed E-state index contributed by atoms with van der Waals surface area (Å²) < 4.78 is 14.9. The lowest BCUT2D eigenvalue weighted by atomic mass is 10.0. The van der Waals surface area contributed by atoms with Crippen molar-refractivity contribution in [1.29, 1.82) is 0 Å². The lowest BCUT2D eigenvalue weighted by molar-refractivity contribution is 0.220. The van der Waals surface area contributed by atoms with Crippen LogP contribution in [0.3, 0.4) is 0 Å². The van der Waals surface area contributed by atoms with Gasteiger partial charge in [0.15, 0.2) is 0 Å². The molecule has 90 valence electrons.